The lowest BCUT2D eigenvalue weighted by Crippen LogP contribution is -2.59. The van der Waals surface area contributed by atoms with Gasteiger partial charge in [-0.2, -0.15) is 0 Å². The molecule has 1 aliphatic heterocycles. The van der Waals surface area contributed by atoms with Gasteiger partial charge in [0.1, 0.15) is 17.8 Å². The number of hydrogen-bond acceptors (Lipinski definition) is 6. The SMILES string of the molecule is COc1ccc2ncc(F)c(N3CC(NC(=O)OCc4ccccc4)C3)c2n1. The minimum Gasteiger partial charge on any atom is -0.481 e. The third kappa shape index (κ3) is 3.66. The van der Waals surface area contributed by atoms with Crippen molar-refractivity contribution in [3.63, 3.8) is 0 Å². The largest absolute Gasteiger partial charge is 0.481 e. The molecular formula is C20H19FN4O3. The van der Waals surface area contributed by atoms with Crippen molar-refractivity contribution >= 4 is 22.8 Å². The molecule has 0 atom stereocenters. The van der Waals surface area contributed by atoms with Crippen molar-refractivity contribution in [3.05, 3.63) is 60.0 Å². The van der Waals surface area contributed by atoms with Crippen LogP contribution in [-0.4, -0.2) is 42.3 Å². The standard InChI is InChI=1S/C20H19FN4O3/c1-27-17-8-7-16-18(24-17)19(15(21)9-22-16)25-10-14(11-25)23-20(26)28-12-13-5-3-2-4-6-13/h2-9,14H,10-12H2,1H3,(H,23,26). The van der Waals surface area contributed by atoms with Crippen molar-refractivity contribution in [1.82, 2.24) is 15.3 Å². The van der Waals surface area contributed by atoms with Crippen LogP contribution in [0.5, 0.6) is 5.88 Å². The van der Waals surface area contributed by atoms with E-state index in [1.807, 2.05) is 35.2 Å². The molecule has 3 aromatic rings. The van der Waals surface area contributed by atoms with E-state index in [1.54, 1.807) is 12.1 Å². The number of rotatable bonds is 5. The summed E-state index contributed by atoms with van der Waals surface area (Å²) in [6.45, 7) is 1.11. The molecule has 3 heterocycles. The third-order valence-electron chi connectivity index (χ3n) is 4.56. The van der Waals surface area contributed by atoms with Gasteiger partial charge in [-0.05, 0) is 11.6 Å². The number of nitrogens with one attached hydrogen (secondary N) is 1. The van der Waals surface area contributed by atoms with Gasteiger partial charge in [0.05, 0.1) is 24.9 Å². The van der Waals surface area contributed by atoms with Gasteiger partial charge >= 0.3 is 6.09 Å². The van der Waals surface area contributed by atoms with E-state index >= 15 is 0 Å². The highest BCUT2D eigenvalue weighted by Gasteiger charge is 2.32. The van der Waals surface area contributed by atoms with E-state index in [0.717, 1.165) is 5.56 Å². The van der Waals surface area contributed by atoms with Crippen LogP contribution in [0.25, 0.3) is 11.0 Å². The number of methoxy groups -OCH3 is 1. The van der Waals surface area contributed by atoms with Crippen LogP contribution in [-0.2, 0) is 11.3 Å². The van der Waals surface area contributed by atoms with Gasteiger partial charge in [-0.25, -0.2) is 14.2 Å². The molecule has 28 heavy (non-hydrogen) atoms. The lowest BCUT2D eigenvalue weighted by atomic mass is 10.1. The maximum atomic E-state index is 14.4. The molecule has 8 heteroatoms. The van der Waals surface area contributed by atoms with Crippen LogP contribution >= 0.6 is 0 Å². The highest BCUT2D eigenvalue weighted by Crippen LogP contribution is 2.31. The predicted octanol–water partition coefficient (Wildman–Crippen LogP) is 2.89. The first-order valence-electron chi connectivity index (χ1n) is 8.85. The molecule has 4 rings (SSSR count). The highest BCUT2D eigenvalue weighted by atomic mass is 19.1. The Morgan fingerprint density at radius 3 is 2.79 bits per heavy atom. The first kappa shape index (κ1) is 18.0. The number of amides is 1. The normalized spacial score (nSPS) is 13.9. The van der Waals surface area contributed by atoms with Crippen molar-refractivity contribution in [3.8, 4) is 5.88 Å². The van der Waals surface area contributed by atoms with E-state index in [0.29, 0.717) is 35.7 Å². The number of pyridine rings is 2. The second kappa shape index (κ2) is 7.67. The van der Waals surface area contributed by atoms with E-state index in [4.69, 9.17) is 9.47 Å². The zero-order valence-corrected chi connectivity index (χ0v) is 15.3. The lowest BCUT2D eigenvalue weighted by Gasteiger charge is -2.41. The summed E-state index contributed by atoms with van der Waals surface area (Å²) in [5, 5.41) is 2.79. The van der Waals surface area contributed by atoms with E-state index < -0.39 is 11.9 Å². The zero-order valence-electron chi connectivity index (χ0n) is 15.3. The van der Waals surface area contributed by atoms with Crippen molar-refractivity contribution in [2.24, 2.45) is 0 Å². The minimum atomic E-state index is -0.492. The molecule has 1 aliphatic rings. The molecule has 0 unspecified atom stereocenters. The predicted molar refractivity (Wildman–Crippen MR) is 102 cm³/mol. The number of benzene rings is 1. The quantitative estimate of drug-likeness (QED) is 0.731. The van der Waals surface area contributed by atoms with Crippen LogP contribution in [0.4, 0.5) is 14.9 Å². The highest BCUT2D eigenvalue weighted by molar-refractivity contribution is 5.89. The minimum absolute atomic E-state index is 0.128. The number of fused-ring (bicyclic) bond motifs is 1. The average molecular weight is 382 g/mol. The Labute approximate surface area is 161 Å². The van der Waals surface area contributed by atoms with Crippen LogP contribution in [0.1, 0.15) is 5.56 Å². The van der Waals surface area contributed by atoms with Crippen molar-refractivity contribution < 1.29 is 18.7 Å². The van der Waals surface area contributed by atoms with Crippen LogP contribution < -0.4 is 15.0 Å². The molecule has 1 amide bonds. The molecule has 1 fully saturated rings. The Kier molecular flexibility index (Phi) is 4.92. The van der Waals surface area contributed by atoms with Crippen LogP contribution in [0.15, 0.2) is 48.7 Å². The molecule has 0 spiro atoms. The van der Waals surface area contributed by atoms with E-state index in [2.05, 4.69) is 15.3 Å². The van der Waals surface area contributed by atoms with Crippen LogP contribution in [0, 0.1) is 5.82 Å². The summed E-state index contributed by atoms with van der Waals surface area (Å²) in [5.41, 5.74) is 2.29. The Balaban J connectivity index is 1.38. The molecule has 0 radical (unpaired) electrons. The van der Waals surface area contributed by atoms with E-state index in [-0.39, 0.29) is 12.6 Å². The summed E-state index contributed by atoms with van der Waals surface area (Å²) in [7, 11) is 1.51. The van der Waals surface area contributed by atoms with Crippen molar-refractivity contribution in [2.75, 3.05) is 25.1 Å². The fourth-order valence-corrected chi connectivity index (χ4v) is 3.11. The van der Waals surface area contributed by atoms with Crippen LogP contribution in [0.3, 0.4) is 0 Å². The molecule has 1 N–H and O–H groups in total. The fourth-order valence-electron chi connectivity index (χ4n) is 3.11. The van der Waals surface area contributed by atoms with Crippen molar-refractivity contribution in [2.45, 2.75) is 12.6 Å². The van der Waals surface area contributed by atoms with Gasteiger partial charge in [0.15, 0.2) is 5.82 Å². The third-order valence-corrected chi connectivity index (χ3v) is 4.56. The molecular weight excluding hydrogens is 363 g/mol. The molecule has 0 bridgehead atoms. The summed E-state index contributed by atoms with van der Waals surface area (Å²) in [6.07, 6.45) is 0.689. The van der Waals surface area contributed by atoms with Gasteiger partial charge in [0.25, 0.3) is 0 Å². The van der Waals surface area contributed by atoms with E-state index in [9.17, 15) is 9.18 Å². The van der Waals surface area contributed by atoms with Gasteiger partial charge in [-0.1, -0.05) is 30.3 Å². The number of nitrogens with zero attached hydrogens (tertiary/aromatic N) is 3. The summed E-state index contributed by atoms with van der Waals surface area (Å²) < 4.78 is 24.8. The maximum absolute atomic E-state index is 14.4. The number of carbonyl (C=O) groups is 1. The fraction of sp³-hybridized carbons (Fsp3) is 0.250. The average Bonchev–Trinajstić information content (AvgIpc) is 2.70. The molecule has 7 nitrogen and oxygen atoms in total. The Hall–Kier alpha value is -3.42. The molecule has 2 aromatic heterocycles. The molecule has 144 valence electrons. The zero-order chi connectivity index (χ0) is 19.5. The van der Waals surface area contributed by atoms with Crippen LogP contribution in [0.2, 0.25) is 0 Å². The Bertz CT molecular complexity index is 993. The topological polar surface area (TPSA) is 76.6 Å². The smallest absolute Gasteiger partial charge is 0.407 e. The van der Waals surface area contributed by atoms with Gasteiger partial charge in [0, 0.05) is 19.2 Å². The number of carbonyl (C=O) groups excluding carboxylic acids is 1. The Morgan fingerprint density at radius 2 is 2.04 bits per heavy atom. The van der Waals surface area contributed by atoms with E-state index in [1.165, 1.54) is 13.3 Å². The maximum Gasteiger partial charge on any atom is 0.407 e. The second-order valence-corrected chi connectivity index (χ2v) is 6.48. The molecule has 1 aromatic carbocycles. The number of anilines is 1. The lowest BCUT2D eigenvalue weighted by molar-refractivity contribution is 0.133. The Morgan fingerprint density at radius 1 is 1.25 bits per heavy atom. The molecule has 0 aliphatic carbocycles. The second-order valence-electron chi connectivity index (χ2n) is 6.48. The summed E-state index contributed by atoms with van der Waals surface area (Å²) in [4.78, 5) is 22.2. The van der Waals surface area contributed by atoms with Gasteiger partial charge in [-0.3, -0.25) is 4.98 Å². The summed E-state index contributed by atoms with van der Waals surface area (Å²) in [6, 6.07) is 12.7. The number of hydrogen-bond donors (Lipinski definition) is 1. The molecule has 0 saturated carbocycles. The molecule has 1 saturated heterocycles. The van der Waals surface area contributed by atoms with Crippen molar-refractivity contribution in [1.29, 1.82) is 0 Å². The monoisotopic (exact) mass is 382 g/mol. The number of aromatic nitrogens is 2. The number of alkyl carbamates (subject to hydrolysis) is 1. The van der Waals surface area contributed by atoms with Gasteiger partial charge < -0.3 is 19.7 Å². The number of halogens is 1. The first-order chi connectivity index (χ1) is 13.6. The first-order valence-corrected chi connectivity index (χ1v) is 8.85. The van der Waals surface area contributed by atoms with Gasteiger partial charge in [0.2, 0.25) is 5.88 Å². The summed E-state index contributed by atoms with van der Waals surface area (Å²) >= 11 is 0. The summed E-state index contributed by atoms with van der Waals surface area (Å²) in [5.74, 6) is -0.0702. The number of ether oxygens (including phenoxy) is 2. The van der Waals surface area contributed by atoms with Gasteiger partial charge in [-0.15, -0.1) is 0 Å².